The summed E-state index contributed by atoms with van der Waals surface area (Å²) in [4.78, 5) is 80.7. The third-order valence-corrected chi connectivity index (χ3v) is 18.3. The number of nitrogens with one attached hydrogen (secondary N) is 2. The number of likely N-dealkylation sites (tertiary alicyclic amines) is 3. The minimum Gasteiger partial charge on any atom is -0.366 e. The topological polar surface area (TPSA) is 152 Å². The Balaban J connectivity index is 0.697. The molecule has 1 aromatic carbocycles. The largest absolute Gasteiger partial charge is 0.366 e. The molecular weight excluding hydrogens is 891 g/mol. The Morgan fingerprint density at radius 2 is 1.59 bits per heavy atom. The first-order valence-corrected chi connectivity index (χ1v) is 27.4. The van der Waals surface area contributed by atoms with Crippen LogP contribution in [0.1, 0.15) is 140 Å². The SMILES string of the molecule is CC(C)n1cnc2cc(-c3ccc4c(c3)N(C3CC(N5CCCCC5)C3)C(=O)C43CCN(C(=O)C4(C)CCN(CC5CCN(c6ccc([C@H]7CCC(=O)NC7=O)cn6)CC5)CC4)CC3)nc(NC3CC3)c21. The number of aromatic nitrogens is 4. The van der Waals surface area contributed by atoms with Gasteiger partial charge in [-0.2, -0.15) is 0 Å². The first kappa shape index (κ1) is 46.6. The molecule has 2 aliphatic carbocycles. The monoisotopic (exact) mass is 964 g/mol. The van der Waals surface area contributed by atoms with Gasteiger partial charge in [-0.1, -0.05) is 31.5 Å². The molecule has 1 spiro atoms. The summed E-state index contributed by atoms with van der Waals surface area (Å²) in [6.45, 7) is 14.9. The van der Waals surface area contributed by atoms with Gasteiger partial charge >= 0.3 is 0 Å². The maximum absolute atomic E-state index is 15.3. The van der Waals surface area contributed by atoms with Gasteiger partial charge in [-0.15, -0.1) is 0 Å². The molecule has 9 heterocycles. The predicted molar refractivity (Wildman–Crippen MR) is 275 cm³/mol. The normalized spacial score (nSPS) is 26.3. The van der Waals surface area contributed by atoms with Crippen LogP contribution in [0.15, 0.2) is 48.9 Å². The Morgan fingerprint density at radius 3 is 2.28 bits per heavy atom. The lowest BCUT2D eigenvalue weighted by molar-refractivity contribution is -0.147. The molecule has 0 unspecified atom stereocenters. The molecule has 4 aromatic rings. The number of nitrogens with zero attached hydrogens (tertiary/aromatic N) is 9. The van der Waals surface area contributed by atoms with E-state index in [4.69, 9.17) is 15.0 Å². The molecule has 15 nitrogen and oxygen atoms in total. The highest BCUT2D eigenvalue weighted by Gasteiger charge is 2.56. The van der Waals surface area contributed by atoms with Crippen LogP contribution < -0.4 is 20.4 Å². The number of anilines is 3. The molecule has 1 atom stereocenters. The zero-order chi connectivity index (χ0) is 48.6. The predicted octanol–water partition coefficient (Wildman–Crippen LogP) is 7.41. The molecule has 0 bridgehead atoms. The highest BCUT2D eigenvalue weighted by atomic mass is 16.2. The van der Waals surface area contributed by atoms with Crippen molar-refractivity contribution in [3.8, 4) is 11.3 Å². The number of amides is 4. The number of fused-ring (bicyclic) bond motifs is 3. The van der Waals surface area contributed by atoms with Crippen molar-refractivity contribution in [2.45, 2.75) is 153 Å². The molecule has 71 heavy (non-hydrogen) atoms. The molecule has 376 valence electrons. The smallest absolute Gasteiger partial charge is 0.238 e. The highest BCUT2D eigenvalue weighted by molar-refractivity contribution is 6.09. The standard InChI is InChI=1S/C56H73N11O4/c1-36(2)66-35-58-46-32-45(60-51(50(46)66)59-40-9-10-40)38-7-12-44-47(29-38)67(42-30-41(31-42)63-21-5-4-6-22-63)54(71)56(44)19-27-65(28-20-56)53(70)55(3)17-25-62(26-18-55)34-37-15-23-64(24-16-37)48-13-8-39(33-57-48)43-11-14-49(68)61-52(43)69/h7-8,12-13,29,32-33,35-37,40-43H,4-6,9-11,14-28,30-31,34H2,1-3H3,(H,59,60)(H,61,68,69)/t41?,42?,43-/m1/s1. The van der Waals surface area contributed by atoms with Crippen molar-refractivity contribution in [2.24, 2.45) is 11.3 Å². The Morgan fingerprint density at radius 1 is 0.831 bits per heavy atom. The van der Waals surface area contributed by atoms with Crippen molar-refractivity contribution in [3.05, 3.63) is 60.0 Å². The summed E-state index contributed by atoms with van der Waals surface area (Å²) in [5.74, 6) is 2.17. The first-order valence-electron chi connectivity index (χ1n) is 27.4. The Kier molecular flexibility index (Phi) is 12.2. The summed E-state index contributed by atoms with van der Waals surface area (Å²) in [5, 5.41) is 6.18. The second kappa shape index (κ2) is 18.6. The molecule has 2 saturated carbocycles. The van der Waals surface area contributed by atoms with Gasteiger partial charge in [0.1, 0.15) is 11.3 Å². The van der Waals surface area contributed by atoms with Gasteiger partial charge in [0.2, 0.25) is 23.6 Å². The molecular formula is C56H73N11O4. The van der Waals surface area contributed by atoms with Crippen LogP contribution in [0.3, 0.4) is 0 Å². The van der Waals surface area contributed by atoms with E-state index in [0.29, 0.717) is 56.8 Å². The number of hydrogen-bond donors (Lipinski definition) is 2. The molecule has 8 aliphatic rings. The Bertz CT molecular complexity index is 2680. The maximum atomic E-state index is 15.3. The third-order valence-electron chi connectivity index (χ3n) is 18.3. The summed E-state index contributed by atoms with van der Waals surface area (Å²) in [5.41, 5.74) is 5.86. The number of hydrogen-bond acceptors (Lipinski definition) is 11. The van der Waals surface area contributed by atoms with Gasteiger partial charge in [-0.25, -0.2) is 15.0 Å². The minimum absolute atomic E-state index is 0.172. The van der Waals surface area contributed by atoms with Gasteiger partial charge in [0.15, 0.2) is 5.82 Å². The van der Waals surface area contributed by atoms with Crippen LogP contribution in [0.5, 0.6) is 0 Å². The number of imide groups is 1. The van der Waals surface area contributed by atoms with Gasteiger partial charge in [0, 0.05) is 86.2 Å². The van der Waals surface area contributed by atoms with E-state index >= 15 is 4.79 Å². The van der Waals surface area contributed by atoms with Crippen LogP contribution >= 0.6 is 0 Å². The van der Waals surface area contributed by atoms with Gasteiger partial charge in [-0.05, 0) is 159 Å². The number of piperidine rings is 5. The first-order chi connectivity index (χ1) is 34.4. The second-order valence-corrected chi connectivity index (χ2v) is 23.3. The van der Waals surface area contributed by atoms with Gasteiger partial charge in [0.05, 0.1) is 28.9 Å². The molecule has 4 amide bonds. The zero-order valence-electron chi connectivity index (χ0n) is 42.2. The van der Waals surface area contributed by atoms with E-state index < -0.39 is 10.8 Å². The summed E-state index contributed by atoms with van der Waals surface area (Å²) in [7, 11) is 0. The van der Waals surface area contributed by atoms with Crippen LogP contribution in [-0.2, 0) is 24.6 Å². The molecule has 6 aliphatic heterocycles. The zero-order valence-corrected chi connectivity index (χ0v) is 42.2. The number of benzene rings is 1. The second-order valence-electron chi connectivity index (χ2n) is 23.3. The van der Waals surface area contributed by atoms with Crippen LogP contribution in [-0.4, -0.2) is 135 Å². The van der Waals surface area contributed by atoms with Crippen molar-refractivity contribution < 1.29 is 19.2 Å². The summed E-state index contributed by atoms with van der Waals surface area (Å²) >= 11 is 0. The summed E-state index contributed by atoms with van der Waals surface area (Å²) in [6, 6.07) is 14.2. The molecule has 12 rings (SSSR count). The fourth-order valence-corrected chi connectivity index (χ4v) is 13.5. The van der Waals surface area contributed by atoms with Crippen molar-refractivity contribution in [1.82, 2.24) is 39.5 Å². The van der Waals surface area contributed by atoms with E-state index in [1.807, 2.05) is 18.5 Å². The van der Waals surface area contributed by atoms with Gasteiger partial charge in [0.25, 0.3) is 0 Å². The molecule has 7 fully saturated rings. The van der Waals surface area contributed by atoms with Crippen LogP contribution in [0, 0.1) is 11.3 Å². The van der Waals surface area contributed by atoms with Crippen LogP contribution in [0.4, 0.5) is 17.3 Å². The fourth-order valence-electron chi connectivity index (χ4n) is 13.5. The van der Waals surface area contributed by atoms with E-state index in [2.05, 4.69) is 84.7 Å². The van der Waals surface area contributed by atoms with E-state index in [-0.39, 0.29) is 41.6 Å². The quantitative estimate of drug-likeness (QED) is 0.145. The molecule has 3 aromatic heterocycles. The maximum Gasteiger partial charge on any atom is 0.238 e. The van der Waals surface area contributed by atoms with Crippen molar-refractivity contribution >= 4 is 52.0 Å². The average Bonchev–Trinajstić information content (AvgIpc) is 4.03. The number of carbonyl (C=O) groups is 4. The summed E-state index contributed by atoms with van der Waals surface area (Å²) in [6.07, 6.45) is 18.0. The number of carbonyl (C=O) groups excluding carboxylic acids is 4. The van der Waals surface area contributed by atoms with Crippen LogP contribution in [0.2, 0.25) is 0 Å². The number of pyridine rings is 2. The molecule has 5 saturated heterocycles. The molecule has 15 heteroatoms. The lowest BCUT2D eigenvalue weighted by Gasteiger charge is -2.48. The Hall–Kier alpha value is -5.41. The van der Waals surface area contributed by atoms with Crippen molar-refractivity contribution in [1.29, 1.82) is 0 Å². The number of rotatable bonds is 11. The highest BCUT2D eigenvalue weighted by Crippen LogP contribution is 2.53. The summed E-state index contributed by atoms with van der Waals surface area (Å²) < 4.78 is 2.21. The third kappa shape index (κ3) is 8.69. The van der Waals surface area contributed by atoms with E-state index in [1.165, 1.54) is 32.4 Å². The fraction of sp³-hybridized carbons (Fsp3) is 0.625. The van der Waals surface area contributed by atoms with Gasteiger partial charge in [-0.3, -0.25) is 24.5 Å². The van der Waals surface area contributed by atoms with E-state index in [1.54, 1.807) is 6.20 Å². The minimum atomic E-state index is -0.637. The van der Waals surface area contributed by atoms with Crippen LogP contribution in [0.25, 0.3) is 22.3 Å². The lowest BCUT2D eigenvalue weighted by Crippen LogP contribution is -2.59. The Labute approximate surface area is 418 Å². The van der Waals surface area contributed by atoms with Gasteiger partial charge < -0.3 is 34.4 Å². The van der Waals surface area contributed by atoms with Crippen molar-refractivity contribution in [3.63, 3.8) is 0 Å². The van der Waals surface area contributed by atoms with E-state index in [0.717, 1.165) is 135 Å². The molecule has 2 N–H and O–H groups in total. The number of imidazole rings is 1. The van der Waals surface area contributed by atoms with E-state index in [9.17, 15) is 14.4 Å². The lowest BCUT2D eigenvalue weighted by atomic mass is 9.72. The molecule has 0 radical (unpaired) electrons. The average molecular weight is 964 g/mol. The van der Waals surface area contributed by atoms with Crippen molar-refractivity contribution in [2.75, 3.05) is 74.0 Å².